The summed E-state index contributed by atoms with van der Waals surface area (Å²) in [7, 11) is 1.28. The number of nitro groups is 1. The van der Waals surface area contributed by atoms with Gasteiger partial charge in [0.05, 0.1) is 12.0 Å². The van der Waals surface area contributed by atoms with Gasteiger partial charge < -0.3 is 4.74 Å². The summed E-state index contributed by atoms with van der Waals surface area (Å²) in [6.45, 7) is 3.48. The highest BCUT2D eigenvalue weighted by Gasteiger charge is 2.14. The number of rotatable bonds is 3. The summed E-state index contributed by atoms with van der Waals surface area (Å²) in [5.41, 5.74) is 2.12. The lowest BCUT2D eigenvalue weighted by Crippen LogP contribution is -1.97. The average molecular weight is 235 g/mol. The molecule has 0 unspecified atom stereocenters. The molecule has 0 radical (unpaired) electrons. The van der Waals surface area contributed by atoms with E-state index in [2.05, 4.69) is 4.74 Å². The first kappa shape index (κ1) is 12.9. The van der Waals surface area contributed by atoms with Crippen molar-refractivity contribution in [3.63, 3.8) is 0 Å². The smallest absolute Gasteiger partial charge is 0.330 e. The zero-order valence-electron chi connectivity index (χ0n) is 9.89. The molecule has 0 saturated heterocycles. The first-order chi connectivity index (χ1) is 7.97. The molecule has 0 aliphatic carbocycles. The van der Waals surface area contributed by atoms with E-state index in [1.807, 2.05) is 6.92 Å². The molecular weight excluding hydrogens is 222 g/mol. The van der Waals surface area contributed by atoms with Gasteiger partial charge in [-0.05, 0) is 31.1 Å². The van der Waals surface area contributed by atoms with E-state index in [-0.39, 0.29) is 5.69 Å². The van der Waals surface area contributed by atoms with Gasteiger partial charge in [-0.3, -0.25) is 10.1 Å². The van der Waals surface area contributed by atoms with Crippen LogP contribution in [0.4, 0.5) is 5.69 Å². The Bertz CT molecular complexity index is 492. The summed E-state index contributed by atoms with van der Waals surface area (Å²) in [6, 6.07) is 3.11. The van der Waals surface area contributed by atoms with Crippen LogP contribution in [-0.4, -0.2) is 18.0 Å². The van der Waals surface area contributed by atoms with Gasteiger partial charge in [-0.15, -0.1) is 0 Å². The average Bonchev–Trinajstić information content (AvgIpc) is 2.27. The van der Waals surface area contributed by atoms with E-state index in [1.165, 1.54) is 25.3 Å². The molecule has 0 N–H and O–H groups in total. The van der Waals surface area contributed by atoms with Gasteiger partial charge >= 0.3 is 5.97 Å². The highest BCUT2D eigenvalue weighted by molar-refractivity contribution is 5.87. The topological polar surface area (TPSA) is 69.4 Å². The van der Waals surface area contributed by atoms with Crippen molar-refractivity contribution in [2.75, 3.05) is 7.11 Å². The van der Waals surface area contributed by atoms with Crippen molar-refractivity contribution < 1.29 is 14.5 Å². The number of aryl methyl sites for hydroxylation is 1. The van der Waals surface area contributed by atoms with E-state index >= 15 is 0 Å². The highest BCUT2D eigenvalue weighted by Crippen LogP contribution is 2.25. The zero-order chi connectivity index (χ0) is 13.0. The molecule has 0 fully saturated rings. The standard InChI is InChI=1S/C12H13NO4/c1-8-4-6-11(13(15)16)9(2)10(8)5-7-12(14)17-3/h4-7H,1-3H3. The van der Waals surface area contributed by atoms with Crippen molar-refractivity contribution in [3.05, 3.63) is 45.0 Å². The van der Waals surface area contributed by atoms with Crippen LogP contribution in [0.3, 0.4) is 0 Å². The van der Waals surface area contributed by atoms with Crippen LogP contribution in [0.1, 0.15) is 16.7 Å². The third-order valence-corrected chi connectivity index (χ3v) is 2.49. The number of carbonyl (C=O) groups is 1. The number of nitro benzene ring substituents is 1. The zero-order valence-corrected chi connectivity index (χ0v) is 9.89. The first-order valence-electron chi connectivity index (χ1n) is 4.98. The number of carbonyl (C=O) groups excluding carboxylic acids is 1. The summed E-state index contributed by atoms with van der Waals surface area (Å²) in [6.07, 6.45) is 2.78. The number of hydrogen-bond donors (Lipinski definition) is 0. The predicted octanol–water partition coefficient (Wildman–Crippen LogP) is 2.40. The normalized spacial score (nSPS) is 10.5. The number of benzene rings is 1. The maximum absolute atomic E-state index is 11.0. The van der Waals surface area contributed by atoms with Gasteiger partial charge in [0.1, 0.15) is 0 Å². The minimum atomic E-state index is -0.490. The molecule has 0 aliphatic heterocycles. The van der Waals surface area contributed by atoms with Gasteiger partial charge in [0.25, 0.3) is 5.69 Å². The summed E-state index contributed by atoms with van der Waals surface area (Å²) >= 11 is 0. The molecule has 5 heteroatoms. The van der Waals surface area contributed by atoms with E-state index in [4.69, 9.17) is 0 Å². The molecule has 0 heterocycles. The molecule has 1 aromatic rings. The summed E-state index contributed by atoms with van der Waals surface area (Å²) in [5, 5.41) is 10.8. The number of nitrogens with zero attached hydrogens (tertiary/aromatic N) is 1. The lowest BCUT2D eigenvalue weighted by molar-refractivity contribution is -0.385. The van der Waals surface area contributed by atoms with Crippen LogP contribution >= 0.6 is 0 Å². The predicted molar refractivity (Wildman–Crippen MR) is 63.6 cm³/mol. The van der Waals surface area contributed by atoms with Gasteiger partial charge in [0.15, 0.2) is 0 Å². The molecule has 1 aromatic carbocycles. The van der Waals surface area contributed by atoms with Crippen LogP contribution in [-0.2, 0) is 9.53 Å². The van der Waals surface area contributed by atoms with E-state index < -0.39 is 10.9 Å². The van der Waals surface area contributed by atoms with Crippen LogP contribution in [0.25, 0.3) is 6.08 Å². The number of hydrogen-bond acceptors (Lipinski definition) is 4. The minimum absolute atomic E-state index is 0.0418. The monoisotopic (exact) mass is 235 g/mol. The Morgan fingerprint density at radius 2 is 2.06 bits per heavy atom. The van der Waals surface area contributed by atoms with Crippen LogP contribution in [0.5, 0.6) is 0 Å². The fourth-order valence-corrected chi connectivity index (χ4v) is 1.53. The molecule has 0 aromatic heterocycles. The third-order valence-electron chi connectivity index (χ3n) is 2.49. The Kier molecular flexibility index (Phi) is 3.98. The number of ether oxygens (including phenoxy) is 1. The molecule has 17 heavy (non-hydrogen) atoms. The maximum atomic E-state index is 11.0. The Hall–Kier alpha value is -2.17. The minimum Gasteiger partial charge on any atom is -0.466 e. The van der Waals surface area contributed by atoms with Crippen molar-refractivity contribution in [2.45, 2.75) is 13.8 Å². The molecule has 0 aliphatic rings. The second-order valence-corrected chi connectivity index (χ2v) is 3.55. The molecule has 90 valence electrons. The van der Waals surface area contributed by atoms with Crippen LogP contribution in [0, 0.1) is 24.0 Å². The summed E-state index contributed by atoms with van der Waals surface area (Å²) in [5.74, 6) is -0.490. The molecule has 5 nitrogen and oxygen atoms in total. The highest BCUT2D eigenvalue weighted by atomic mass is 16.6. The molecule has 0 spiro atoms. The number of esters is 1. The second-order valence-electron chi connectivity index (χ2n) is 3.55. The fraction of sp³-hybridized carbons (Fsp3) is 0.250. The van der Waals surface area contributed by atoms with Crippen molar-refractivity contribution in [1.29, 1.82) is 0 Å². The Morgan fingerprint density at radius 1 is 1.41 bits per heavy atom. The van der Waals surface area contributed by atoms with Crippen molar-refractivity contribution >= 4 is 17.7 Å². The Labute approximate surface area is 98.9 Å². The Morgan fingerprint density at radius 3 is 2.59 bits per heavy atom. The van der Waals surface area contributed by atoms with Gasteiger partial charge in [-0.1, -0.05) is 6.07 Å². The molecule has 0 amide bonds. The largest absolute Gasteiger partial charge is 0.466 e. The van der Waals surface area contributed by atoms with Crippen molar-refractivity contribution in [2.24, 2.45) is 0 Å². The molecular formula is C12H13NO4. The SMILES string of the molecule is COC(=O)C=Cc1c(C)ccc([N+](=O)[O-])c1C. The van der Waals surface area contributed by atoms with E-state index in [0.717, 1.165) is 5.56 Å². The summed E-state index contributed by atoms with van der Waals surface area (Å²) in [4.78, 5) is 21.3. The van der Waals surface area contributed by atoms with Gasteiger partial charge in [0, 0.05) is 17.7 Å². The van der Waals surface area contributed by atoms with Crippen LogP contribution in [0.2, 0.25) is 0 Å². The first-order valence-corrected chi connectivity index (χ1v) is 4.98. The lowest BCUT2D eigenvalue weighted by atomic mass is 10.0. The van der Waals surface area contributed by atoms with Crippen molar-refractivity contribution in [3.8, 4) is 0 Å². The maximum Gasteiger partial charge on any atom is 0.330 e. The molecule has 0 saturated carbocycles. The van der Waals surface area contributed by atoms with Gasteiger partial charge in [0.2, 0.25) is 0 Å². The van der Waals surface area contributed by atoms with Gasteiger partial charge in [-0.25, -0.2) is 4.79 Å². The molecule has 1 rings (SSSR count). The van der Waals surface area contributed by atoms with Crippen molar-refractivity contribution in [1.82, 2.24) is 0 Å². The van der Waals surface area contributed by atoms with E-state index in [9.17, 15) is 14.9 Å². The lowest BCUT2D eigenvalue weighted by Gasteiger charge is -2.05. The van der Waals surface area contributed by atoms with Crippen LogP contribution in [0.15, 0.2) is 18.2 Å². The third kappa shape index (κ3) is 2.90. The second kappa shape index (κ2) is 5.25. The van der Waals surface area contributed by atoms with Crippen LogP contribution < -0.4 is 0 Å². The molecule has 0 atom stereocenters. The fourth-order valence-electron chi connectivity index (χ4n) is 1.53. The Balaban J connectivity index is 3.23. The van der Waals surface area contributed by atoms with Gasteiger partial charge in [-0.2, -0.15) is 0 Å². The summed E-state index contributed by atoms with van der Waals surface area (Å²) < 4.78 is 4.47. The van der Waals surface area contributed by atoms with E-state index in [0.29, 0.717) is 11.1 Å². The molecule has 0 bridgehead atoms. The number of methoxy groups -OCH3 is 1. The van der Waals surface area contributed by atoms with E-state index in [1.54, 1.807) is 13.0 Å². The quantitative estimate of drug-likeness (QED) is 0.349.